The number of anilines is 1. The van der Waals surface area contributed by atoms with E-state index in [0.717, 1.165) is 18.0 Å². The smallest absolute Gasteiger partial charge is 0.170 e. The molecule has 1 heterocycles. The number of pyridine rings is 1. The Bertz CT molecular complexity index is 411. The Morgan fingerprint density at radius 2 is 2.39 bits per heavy atom. The quantitative estimate of drug-likeness (QED) is 0.356. The molecular formula is C12H20N4OS. The molecule has 0 aliphatic carbocycles. The minimum atomic E-state index is 0.101. The lowest BCUT2D eigenvalue weighted by molar-refractivity contribution is 0.318. The molecule has 0 amide bonds. The average Bonchev–Trinajstić information content (AvgIpc) is 2.43. The predicted octanol–water partition coefficient (Wildman–Crippen LogP) is 1.75. The number of thioether (sulfide) groups is 1. The highest BCUT2D eigenvalue weighted by Crippen LogP contribution is 2.16. The number of hydrogen-bond donors (Lipinski definition) is 2. The highest BCUT2D eigenvalue weighted by molar-refractivity contribution is 7.98. The molecule has 18 heavy (non-hydrogen) atoms. The van der Waals surface area contributed by atoms with E-state index < -0.39 is 0 Å². The van der Waals surface area contributed by atoms with Gasteiger partial charge in [0, 0.05) is 24.8 Å². The first-order valence-corrected chi connectivity index (χ1v) is 7.15. The first kappa shape index (κ1) is 14.6. The molecule has 1 aromatic rings. The van der Waals surface area contributed by atoms with Crippen molar-refractivity contribution in [3.8, 4) is 0 Å². The van der Waals surface area contributed by atoms with Crippen molar-refractivity contribution >= 4 is 23.4 Å². The van der Waals surface area contributed by atoms with Gasteiger partial charge in [-0.2, -0.15) is 11.8 Å². The molecule has 1 aromatic heterocycles. The number of nitrogens with two attached hydrogens (primary N) is 1. The molecule has 100 valence electrons. The molecule has 1 atom stereocenters. The molecule has 3 N–H and O–H groups in total. The van der Waals surface area contributed by atoms with Crippen LogP contribution < -0.4 is 10.6 Å². The molecule has 0 radical (unpaired) electrons. The molecule has 0 aromatic carbocycles. The maximum atomic E-state index is 8.67. The van der Waals surface area contributed by atoms with Gasteiger partial charge in [-0.1, -0.05) is 5.16 Å². The molecule has 0 aliphatic rings. The van der Waals surface area contributed by atoms with Gasteiger partial charge in [0.05, 0.1) is 0 Å². The van der Waals surface area contributed by atoms with Crippen LogP contribution in [0.1, 0.15) is 18.9 Å². The first-order valence-electron chi connectivity index (χ1n) is 5.75. The van der Waals surface area contributed by atoms with Gasteiger partial charge in [0.25, 0.3) is 0 Å². The SMILES string of the molecule is CSCCC(C)N(C)c1cc(/C(N)=N/O)ccn1. The fourth-order valence-corrected chi connectivity index (χ4v) is 2.11. The summed E-state index contributed by atoms with van der Waals surface area (Å²) in [6, 6.07) is 3.94. The maximum Gasteiger partial charge on any atom is 0.170 e. The zero-order valence-corrected chi connectivity index (χ0v) is 11.8. The third kappa shape index (κ3) is 3.80. The van der Waals surface area contributed by atoms with Crippen LogP contribution in [0.25, 0.3) is 0 Å². The number of nitrogens with zero attached hydrogens (tertiary/aromatic N) is 3. The molecule has 0 saturated carbocycles. The standard InChI is InChI=1S/C12H20N4OS/c1-9(5-7-18-3)16(2)11-8-10(4-6-14-11)12(13)15-17/h4,6,8-9,17H,5,7H2,1-3H3,(H2,13,15). The van der Waals surface area contributed by atoms with Gasteiger partial charge >= 0.3 is 0 Å². The van der Waals surface area contributed by atoms with Crippen LogP contribution in [-0.2, 0) is 0 Å². The number of amidine groups is 1. The summed E-state index contributed by atoms with van der Waals surface area (Å²) < 4.78 is 0. The zero-order valence-electron chi connectivity index (χ0n) is 11.0. The summed E-state index contributed by atoms with van der Waals surface area (Å²) in [6.45, 7) is 2.16. The molecule has 0 fully saturated rings. The lowest BCUT2D eigenvalue weighted by atomic mass is 10.2. The van der Waals surface area contributed by atoms with E-state index in [1.165, 1.54) is 0 Å². The van der Waals surface area contributed by atoms with Crippen molar-refractivity contribution in [2.24, 2.45) is 10.9 Å². The van der Waals surface area contributed by atoms with E-state index >= 15 is 0 Å². The molecule has 1 unspecified atom stereocenters. The number of oxime groups is 1. The van der Waals surface area contributed by atoms with Crippen molar-refractivity contribution < 1.29 is 5.21 Å². The molecule has 6 heteroatoms. The summed E-state index contributed by atoms with van der Waals surface area (Å²) in [4.78, 5) is 6.41. The fourth-order valence-electron chi connectivity index (χ4n) is 1.54. The third-order valence-corrected chi connectivity index (χ3v) is 3.56. The van der Waals surface area contributed by atoms with Gasteiger partial charge in [-0.05, 0) is 37.5 Å². The number of rotatable bonds is 6. The predicted molar refractivity (Wildman–Crippen MR) is 77.6 cm³/mol. The Kier molecular flexibility index (Phi) is 5.77. The van der Waals surface area contributed by atoms with Crippen LogP contribution >= 0.6 is 11.8 Å². The van der Waals surface area contributed by atoms with Gasteiger partial charge < -0.3 is 15.8 Å². The Morgan fingerprint density at radius 3 is 3.00 bits per heavy atom. The number of hydrogen-bond acceptors (Lipinski definition) is 5. The van der Waals surface area contributed by atoms with Crippen molar-refractivity contribution in [1.29, 1.82) is 0 Å². The summed E-state index contributed by atoms with van der Waals surface area (Å²) in [5, 5.41) is 11.7. The van der Waals surface area contributed by atoms with Gasteiger partial charge in [-0.3, -0.25) is 0 Å². The summed E-state index contributed by atoms with van der Waals surface area (Å²) in [5.74, 6) is 2.04. The minimum Gasteiger partial charge on any atom is -0.409 e. The normalized spacial score (nSPS) is 13.4. The molecule has 0 spiro atoms. The highest BCUT2D eigenvalue weighted by atomic mass is 32.2. The molecule has 0 saturated heterocycles. The van der Waals surface area contributed by atoms with Crippen LogP contribution in [0, 0.1) is 0 Å². The second kappa shape index (κ2) is 7.10. The molecule has 0 aliphatic heterocycles. The first-order chi connectivity index (χ1) is 8.60. The molecule has 5 nitrogen and oxygen atoms in total. The van der Waals surface area contributed by atoms with E-state index in [4.69, 9.17) is 10.9 Å². The van der Waals surface area contributed by atoms with Crippen molar-refractivity contribution in [2.75, 3.05) is 24.0 Å². The monoisotopic (exact) mass is 268 g/mol. The molecule has 1 rings (SSSR count). The van der Waals surface area contributed by atoms with Crippen molar-refractivity contribution in [1.82, 2.24) is 4.98 Å². The van der Waals surface area contributed by atoms with Gasteiger partial charge in [-0.25, -0.2) is 4.98 Å². The van der Waals surface area contributed by atoms with Crippen LogP contribution in [0.4, 0.5) is 5.82 Å². The second-order valence-electron chi connectivity index (χ2n) is 4.13. The van der Waals surface area contributed by atoms with Crippen LogP contribution in [0.2, 0.25) is 0 Å². The topological polar surface area (TPSA) is 74.7 Å². The van der Waals surface area contributed by atoms with Crippen LogP contribution in [0.3, 0.4) is 0 Å². The van der Waals surface area contributed by atoms with Gasteiger partial charge in [0.2, 0.25) is 0 Å². The summed E-state index contributed by atoms with van der Waals surface area (Å²) in [6.07, 6.45) is 4.86. The lowest BCUT2D eigenvalue weighted by Gasteiger charge is -2.26. The molecule has 0 bridgehead atoms. The van der Waals surface area contributed by atoms with Crippen LogP contribution in [0.15, 0.2) is 23.5 Å². The summed E-state index contributed by atoms with van der Waals surface area (Å²) in [5.41, 5.74) is 6.24. The third-order valence-electron chi connectivity index (χ3n) is 2.91. The summed E-state index contributed by atoms with van der Waals surface area (Å²) >= 11 is 1.83. The van der Waals surface area contributed by atoms with Crippen LogP contribution in [-0.4, -0.2) is 41.1 Å². The van der Waals surface area contributed by atoms with Gasteiger partial charge in [0.1, 0.15) is 5.82 Å². The van der Waals surface area contributed by atoms with E-state index in [-0.39, 0.29) is 5.84 Å². The summed E-state index contributed by atoms with van der Waals surface area (Å²) in [7, 11) is 2.00. The van der Waals surface area contributed by atoms with E-state index in [1.807, 2.05) is 24.9 Å². The second-order valence-corrected chi connectivity index (χ2v) is 5.11. The Hall–Kier alpha value is -1.43. The maximum absolute atomic E-state index is 8.67. The fraction of sp³-hybridized carbons (Fsp3) is 0.500. The Labute approximate surface area is 112 Å². The zero-order chi connectivity index (χ0) is 13.5. The minimum absolute atomic E-state index is 0.101. The molecular weight excluding hydrogens is 248 g/mol. The van der Waals surface area contributed by atoms with E-state index in [2.05, 4.69) is 28.2 Å². The van der Waals surface area contributed by atoms with E-state index in [1.54, 1.807) is 12.3 Å². The average molecular weight is 268 g/mol. The van der Waals surface area contributed by atoms with E-state index in [9.17, 15) is 0 Å². The van der Waals surface area contributed by atoms with Crippen molar-refractivity contribution in [2.45, 2.75) is 19.4 Å². The van der Waals surface area contributed by atoms with Crippen molar-refractivity contribution in [3.63, 3.8) is 0 Å². The van der Waals surface area contributed by atoms with E-state index in [0.29, 0.717) is 11.6 Å². The van der Waals surface area contributed by atoms with Crippen molar-refractivity contribution in [3.05, 3.63) is 23.9 Å². The lowest BCUT2D eigenvalue weighted by Crippen LogP contribution is -2.30. The van der Waals surface area contributed by atoms with Gasteiger partial charge in [-0.15, -0.1) is 0 Å². The Balaban J connectivity index is 2.82. The van der Waals surface area contributed by atoms with Crippen LogP contribution in [0.5, 0.6) is 0 Å². The van der Waals surface area contributed by atoms with Gasteiger partial charge in [0.15, 0.2) is 5.84 Å². The largest absolute Gasteiger partial charge is 0.409 e. The highest BCUT2D eigenvalue weighted by Gasteiger charge is 2.12. The Morgan fingerprint density at radius 1 is 1.67 bits per heavy atom. The number of aromatic nitrogens is 1.